The molecule has 0 spiro atoms. The lowest BCUT2D eigenvalue weighted by molar-refractivity contribution is 0.250. The van der Waals surface area contributed by atoms with E-state index in [1.807, 2.05) is 22.2 Å². The molecule has 4 rings (SSSR count). The van der Waals surface area contributed by atoms with Crippen molar-refractivity contribution in [2.24, 2.45) is 0 Å². The van der Waals surface area contributed by atoms with Gasteiger partial charge in [-0.25, -0.2) is 9.97 Å². The smallest absolute Gasteiger partial charge is 0.268 e. The molecular weight excluding hydrogens is 348 g/mol. The maximum Gasteiger partial charge on any atom is 0.268 e. The number of piperazine rings is 1. The predicted molar refractivity (Wildman–Crippen MR) is 106 cm³/mol. The molecule has 2 aromatic heterocycles. The Morgan fingerprint density at radius 2 is 1.85 bits per heavy atom. The molecule has 1 fully saturated rings. The Bertz CT molecular complexity index is 930. The quantitative estimate of drug-likeness (QED) is 0.688. The second kappa shape index (κ2) is 7.43. The number of nitrogen functional groups attached to an aromatic ring is 1. The fraction of sp³-hybridized carbons (Fsp3) is 0.389. The van der Waals surface area contributed by atoms with Gasteiger partial charge >= 0.3 is 0 Å². The lowest BCUT2D eigenvalue weighted by atomic mass is 10.2. The summed E-state index contributed by atoms with van der Waals surface area (Å²) in [7, 11) is 0. The number of rotatable bonds is 5. The van der Waals surface area contributed by atoms with Gasteiger partial charge in [0.1, 0.15) is 0 Å². The van der Waals surface area contributed by atoms with Crippen LogP contribution in [-0.4, -0.2) is 51.5 Å². The molecule has 0 saturated carbocycles. The third kappa shape index (κ3) is 3.56. The van der Waals surface area contributed by atoms with Crippen LogP contribution >= 0.6 is 11.5 Å². The number of aryl methyl sites for hydroxylation is 1. The van der Waals surface area contributed by atoms with Crippen molar-refractivity contribution in [2.75, 3.05) is 43.4 Å². The molecule has 0 unspecified atom stereocenters. The lowest BCUT2D eigenvalue weighted by Gasteiger charge is -2.34. The average molecular weight is 370 g/mol. The molecule has 0 atom stereocenters. The average Bonchev–Trinajstić information content (AvgIpc) is 2.98. The monoisotopic (exact) mass is 370 g/mol. The van der Waals surface area contributed by atoms with E-state index in [0.29, 0.717) is 5.69 Å². The van der Waals surface area contributed by atoms with Crippen molar-refractivity contribution in [2.45, 2.75) is 13.0 Å². The maximum absolute atomic E-state index is 12.4. The molecular formula is C18H22N6OS. The summed E-state index contributed by atoms with van der Waals surface area (Å²) in [4.78, 5) is 25.7. The zero-order valence-corrected chi connectivity index (χ0v) is 15.4. The van der Waals surface area contributed by atoms with Gasteiger partial charge in [0, 0.05) is 57.3 Å². The summed E-state index contributed by atoms with van der Waals surface area (Å²) in [6.45, 7) is 5.61. The highest BCUT2D eigenvalue weighted by atomic mass is 32.1. The number of aromatic nitrogens is 3. The first kappa shape index (κ1) is 17.0. The number of anilines is 2. The van der Waals surface area contributed by atoms with Crippen molar-refractivity contribution in [3.8, 4) is 0 Å². The first-order valence-electron chi connectivity index (χ1n) is 8.84. The Labute approximate surface area is 155 Å². The number of nitrogens with two attached hydrogens (primary N) is 1. The molecule has 0 bridgehead atoms. The second-order valence-electron chi connectivity index (χ2n) is 6.49. The van der Waals surface area contributed by atoms with Gasteiger partial charge in [-0.1, -0.05) is 11.5 Å². The zero-order chi connectivity index (χ0) is 17.9. The molecule has 1 aromatic carbocycles. The molecule has 3 heterocycles. The molecule has 8 heteroatoms. The molecule has 136 valence electrons. The van der Waals surface area contributed by atoms with E-state index >= 15 is 0 Å². The van der Waals surface area contributed by atoms with Gasteiger partial charge in [0.25, 0.3) is 5.56 Å². The highest BCUT2D eigenvalue weighted by molar-refractivity contribution is 7.13. The largest absolute Gasteiger partial charge is 0.399 e. The molecule has 3 aromatic rings. The van der Waals surface area contributed by atoms with Gasteiger partial charge in [-0.2, -0.15) is 0 Å². The van der Waals surface area contributed by atoms with Crippen LogP contribution < -0.4 is 16.2 Å². The summed E-state index contributed by atoms with van der Waals surface area (Å²) in [5, 5.41) is 0.765. The van der Waals surface area contributed by atoms with E-state index in [9.17, 15) is 4.79 Å². The van der Waals surface area contributed by atoms with Crippen molar-refractivity contribution in [3.05, 3.63) is 47.0 Å². The highest BCUT2D eigenvalue weighted by Gasteiger charge is 2.18. The van der Waals surface area contributed by atoms with Crippen LogP contribution in [0, 0.1) is 0 Å². The van der Waals surface area contributed by atoms with E-state index in [1.165, 1.54) is 11.5 Å². The van der Waals surface area contributed by atoms with E-state index in [-0.39, 0.29) is 5.56 Å². The fourth-order valence-corrected chi connectivity index (χ4v) is 4.38. The summed E-state index contributed by atoms with van der Waals surface area (Å²) in [5.41, 5.74) is 6.60. The van der Waals surface area contributed by atoms with Crippen molar-refractivity contribution in [3.63, 3.8) is 0 Å². The Balaban J connectivity index is 1.29. The molecule has 0 radical (unpaired) electrons. The molecule has 1 aliphatic heterocycles. The minimum atomic E-state index is 0.0936. The van der Waals surface area contributed by atoms with E-state index in [0.717, 1.165) is 61.7 Å². The predicted octanol–water partition coefficient (Wildman–Crippen LogP) is 1.65. The van der Waals surface area contributed by atoms with Gasteiger partial charge in [0.15, 0.2) is 0 Å². The molecule has 7 nitrogen and oxygen atoms in total. The first-order valence-corrected chi connectivity index (χ1v) is 9.62. The molecule has 1 aliphatic rings. The number of hydrogen-bond acceptors (Lipinski definition) is 7. The summed E-state index contributed by atoms with van der Waals surface area (Å²) in [5.74, 6) is 0.809. The minimum absolute atomic E-state index is 0.0936. The van der Waals surface area contributed by atoms with Crippen LogP contribution in [0.1, 0.15) is 6.42 Å². The van der Waals surface area contributed by atoms with Crippen LogP contribution in [0.2, 0.25) is 0 Å². The van der Waals surface area contributed by atoms with Crippen molar-refractivity contribution in [1.29, 1.82) is 0 Å². The molecule has 2 N–H and O–H groups in total. The van der Waals surface area contributed by atoms with Crippen LogP contribution in [0.3, 0.4) is 0 Å². The van der Waals surface area contributed by atoms with Crippen molar-refractivity contribution >= 4 is 33.3 Å². The third-order valence-electron chi connectivity index (χ3n) is 4.71. The van der Waals surface area contributed by atoms with Crippen LogP contribution in [0.15, 0.2) is 41.5 Å². The van der Waals surface area contributed by atoms with Crippen LogP contribution in [-0.2, 0) is 6.54 Å². The number of benzene rings is 1. The van der Waals surface area contributed by atoms with Gasteiger partial charge in [-0.3, -0.25) is 13.7 Å². The Kier molecular flexibility index (Phi) is 4.85. The maximum atomic E-state index is 12.4. The van der Waals surface area contributed by atoms with E-state index < -0.39 is 0 Å². The van der Waals surface area contributed by atoms with Gasteiger partial charge < -0.3 is 10.6 Å². The summed E-state index contributed by atoms with van der Waals surface area (Å²) < 4.78 is 2.81. The van der Waals surface area contributed by atoms with Gasteiger partial charge in [-0.05, 0) is 30.7 Å². The Morgan fingerprint density at radius 1 is 1.08 bits per heavy atom. The first-order chi connectivity index (χ1) is 12.7. The molecule has 26 heavy (non-hydrogen) atoms. The topological polar surface area (TPSA) is 80.3 Å². The Hall–Kier alpha value is -2.45. The third-order valence-corrected chi connectivity index (χ3v) is 5.82. The van der Waals surface area contributed by atoms with Crippen LogP contribution in [0.4, 0.5) is 11.6 Å². The van der Waals surface area contributed by atoms with E-state index in [1.54, 1.807) is 18.5 Å². The van der Waals surface area contributed by atoms with Gasteiger partial charge in [-0.15, -0.1) is 0 Å². The van der Waals surface area contributed by atoms with Crippen LogP contribution in [0.25, 0.3) is 10.1 Å². The number of fused-ring (bicyclic) bond motifs is 1. The Morgan fingerprint density at radius 3 is 2.62 bits per heavy atom. The summed E-state index contributed by atoms with van der Waals surface area (Å²) in [6, 6.07) is 7.33. The van der Waals surface area contributed by atoms with E-state index in [4.69, 9.17) is 5.73 Å². The second-order valence-corrected chi connectivity index (χ2v) is 7.55. The lowest BCUT2D eigenvalue weighted by Crippen LogP contribution is -2.47. The minimum Gasteiger partial charge on any atom is -0.399 e. The number of nitrogens with zero attached hydrogens (tertiary/aromatic N) is 5. The van der Waals surface area contributed by atoms with Gasteiger partial charge in [0.05, 0.1) is 10.1 Å². The normalized spacial score (nSPS) is 15.6. The SMILES string of the molecule is Nc1ccc2c(=O)n(CCCN3CCN(c4ncccn4)CC3)sc2c1. The van der Waals surface area contributed by atoms with Crippen molar-refractivity contribution < 1.29 is 0 Å². The van der Waals surface area contributed by atoms with Crippen molar-refractivity contribution in [1.82, 2.24) is 18.8 Å². The molecule has 0 aliphatic carbocycles. The zero-order valence-electron chi connectivity index (χ0n) is 14.5. The molecule has 1 saturated heterocycles. The molecule has 0 amide bonds. The fourth-order valence-electron chi connectivity index (χ4n) is 3.30. The highest BCUT2D eigenvalue weighted by Crippen LogP contribution is 2.20. The number of hydrogen-bond donors (Lipinski definition) is 1. The summed E-state index contributed by atoms with van der Waals surface area (Å²) in [6.07, 6.45) is 4.53. The summed E-state index contributed by atoms with van der Waals surface area (Å²) >= 11 is 1.50. The van der Waals surface area contributed by atoms with E-state index in [2.05, 4.69) is 19.8 Å². The van der Waals surface area contributed by atoms with Crippen LogP contribution in [0.5, 0.6) is 0 Å². The standard InChI is InChI=1S/C18H22N6OS/c19-14-3-4-15-16(13-14)26-24(17(15)25)8-2-7-22-9-11-23(12-10-22)18-20-5-1-6-21-18/h1,3-6,13H,2,7-12,19H2. The van der Waals surface area contributed by atoms with Gasteiger partial charge in [0.2, 0.25) is 5.95 Å².